The lowest BCUT2D eigenvalue weighted by molar-refractivity contribution is 0.0955. The Balaban J connectivity index is 1.20. The average molecular weight is 446 g/mol. The van der Waals surface area contributed by atoms with Crippen LogP contribution in [0.15, 0.2) is 121 Å². The van der Waals surface area contributed by atoms with Gasteiger partial charge in [-0.2, -0.15) is 5.10 Å². The highest BCUT2D eigenvalue weighted by Crippen LogP contribution is 2.21. The monoisotopic (exact) mass is 445 g/mol. The summed E-state index contributed by atoms with van der Waals surface area (Å²) in [6, 6.07) is 33.4. The summed E-state index contributed by atoms with van der Waals surface area (Å²) in [5.74, 6) is 0.505. The molecule has 1 N–H and O–H groups in total. The molecule has 4 aromatic carbocycles. The molecule has 0 unspecified atom stereocenters. The molecule has 166 valence electrons. The van der Waals surface area contributed by atoms with Gasteiger partial charge in [0.05, 0.1) is 17.5 Å². The van der Waals surface area contributed by atoms with Gasteiger partial charge in [-0.15, -0.1) is 0 Å². The second kappa shape index (κ2) is 9.88. The van der Waals surface area contributed by atoms with E-state index in [0.29, 0.717) is 12.2 Å². The number of benzene rings is 4. The maximum Gasteiger partial charge on any atom is 0.273 e. The Morgan fingerprint density at radius 1 is 0.824 bits per heavy atom. The molecular formula is C29H23N3O2. The fourth-order valence-corrected chi connectivity index (χ4v) is 3.84. The summed E-state index contributed by atoms with van der Waals surface area (Å²) >= 11 is 0. The van der Waals surface area contributed by atoms with E-state index in [1.807, 2.05) is 89.8 Å². The molecule has 0 atom stereocenters. The van der Waals surface area contributed by atoms with Crippen molar-refractivity contribution in [1.82, 2.24) is 9.99 Å². The number of ether oxygens (including phenoxy) is 1. The second-order valence-corrected chi connectivity index (χ2v) is 7.80. The van der Waals surface area contributed by atoms with Crippen LogP contribution in [-0.4, -0.2) is 16.7 Å². The van der Waals surface area contributed by atoms with Crippen LogP contribution in [0.5, 0.6) is 5.75 Å². The van der Waals surface area contributed by atoms with Crippen molar-refractivity contribution in [2.45, 2.75) is 6.61 Å². The maximum atomic E-state index is 12.7. The standard InChI is InChI=1S/C29H23N3O2/c33-29(27-12-3-4-13-28(27)32-18-5-6-19-32)31-30-20-22-14-16-25(17-15-22)34-21-24-10-7-9-23-8-1-2-11-26(23)24/h1-20H,21H2,(H,31,33). The van der Waals surface area contributed by atoms with E-state index in [1.54, 1.807) is 12.3 Å². The van der Waals surface area contributed by atoms with E-state index in [-0.39, 0.29) is 5.91 Å². The first-order chi connectivity index (χ1) is 16.8. The van der Waals surface area contributed by atoms with Crippen molar-refractivity contribution < 1.29 is 9.53 Å². The molecule has 34 heavy (non-hydrogen) atoms. The first kappa shape index (κ1) is 21.2. The highest BCUT2D eigenvalue weighted by atomic mass is 16.5. The highest BCUT2D eigenvalue weighted by molar-refractivity contribution is 5.98. The van der Waals surface area contributed by atoms with Crippen molar-refractivity contribution in [1.29, 1.82) is 0 Å². The summed E-state index contributed by atoms with van der Waals surface area (Å²) in [5, 5.41) is 6.52. The Hall–Kier alpha value is -4.64. The van der Waals surface area contributed by atoms with Crippen LogP contribution >= 0.6 is 0 Å². The minimum Gasteiger partial charge on any atom is -0.489 e. The molecule has 5 heteroatoms. The van der Waals surface area contributed by atoms with Crippen LogP contribution in [0.4, 0.5) is 0 Å². The molecule has 0 radical (unpaired) electrons. The Morgan fingerprint density at radius 3 is 2.41 bits per heavy atom. The fourth-order valence-electron chi connectivity index (χ4n) is 3.84. The normalized spacial score (nSPS) is 11.1. The van der Waals surface area contributed by atoms with Crippen LogP contribution in [0.3, 0.4) is 0 Å². The molecule has 0 aliphatic carbocycles. The maximum absolute atomic E-state index is 12.7. The van der Waals surface area contributed by atoms with Crippen LogP contribution in [0, 0.1) is 0 Å². The summed E-state index contributed by atoms with van der Waals surface area (Å²) < 4.78 is 7.89. The molecule has 0 saturated heterocycles. The van der Waals surface area contributed by atoms with Gasteiger partial charge in [-0.1, -0.05) is 54.6 Å². The van der Waals surface area contributed by atoms with E-state index < -0.39 is 0 Å². The van der Waals surface area contributed by atoms with Crippen molar-refractivity contribution in [3.8, 4) is 11.4 Å². The van der Waals surface area contributed by atoms with E-state index in [9.17, 15) is 4.79 Å². The lowest BCUT2D eigenvalue weighted by Crippen LogP contribution is -2.19. The van der Waals surface area contributed by atoms with Gasteiger partial charge < -0.3 is 9.30 Å². The number of hydrogen-bond donors (Lipinski definition) is 1. The number of hydrogen-bond acceptors (Lipinski definition) is 3. The minimum atomic E-state index is -0.268. The van der Waals surface area contributed by atoms with Gasteiger partial charge in [0, 0.05) is 12.4 Å². The largest absolute Gasteiger partial charge is 0.489 e. The van der Waals surface area contributed by atoms with Crippen molar-refractivity contribution in [3.63, 3.8) is 0 Å². The van der Waals surface area contributed by atoms with Crippen molar-refractivity contribution in [2.75, 3.05) is 0 Å². The molecule has 0 bridgehead atoms. The molecule has 0 spiro atoms. The zero-order valence-corrected chi connectivity index (χ0v) is 18.5. The third kappa shape index (κ3) is 4.74. The number of carbonyl (C=O) groups excluding carboxylic acids is 1. The zero-order chi connectivity index (χ0) is 23.2. The Bertz CT molecular complexity index is 1430. The van der Waals surface area contributed by atoms with Gasteiger partial charge in [0.25, 0.3) is 5.91 Å². The third-order valence-electron chi connectivity index (χ3n) is 5.57. The minimum absolute atomic E-state index is 0.268. The van der Waals surface area contributed by atoms with E-state index in [1.165, 1.54) is 10.8 Å². The van der Waals surface area contributed by atoms with Gasteiger partial charge in [-0.05, 0) is 70.4 Å². The van der Waals surface area contributed by atoms with E-state index in [2.05, 4.69) is 34.8 Å². The first-order valence-corrected chi connectivity index (χ1v) is 11.0. The molecule has 5 nitrogen and oxygen atoms in total. The SMILES string of the molecule is O=C(NN=Cc1ccc(OCc2cccc3ccccc23)cc1)c1ccccc1-n1cccc1. The summed E-state index contributed by atoms with van der Waals surface area (Å²) in [5.41, 5.74) is 5.96. The average Bonchev–Trinajstić information content (AvgIpc) is 3.43. The highest BCUT2D eigenvalue weighted by Gasteiger charge is 2.11. The van der Waals surface area contributed by atoms with Gasteiger partial charge in [0.15, 0.2) is 0 Å². The van der Waals surface area contributed by atoms with Crippen LogP contribution in [0.25, 0.3) is 16.5 Å². The number of nitrogens with one attached hydrogen (secondary N) is 1. The number of nitrogens with zero attached hydrogens (tertiary/aromatic N) is 2. The molecule has 0 saturated carbocycles. The van der Waals surface area contributed by atoms with E-state index in [0.717, 1.165) is 22.6 Å². The molecule has 0 fully saturated rings. The lowest BCUT2D eigenvalue weighted by atomic mass is 10.1. The number of rotatable bonds is 7. The molecule has 1 amide bonds. The number of aromatic nitrogens is 1. The predicted octanol–water partition coefficient (Wildman–Crippen LogP) is 5.97. The molecular weight excluding hydrogens is 422 g/mol. The van der Waals surface area contributed by atoms with Gasteiger partial charge in [-0.3, -0.25) is 4.79 Å². The second-order valence-electron chi connectivity index (χ2n) is 7.80. The third-order valence-corrected chi connectivity index (χ3v) is 5.57. The van der Waals surface area contributed by atoms with Crippen molar-refractivity contribution >= 4 is 22.9 Å². The van der Waals surface area contributed by atoms with Crippen LogP contribution < -0.4 is 10.2 Å². The Morgan fingerprint density at radius 2 is 1.56 bits per heavy atom. The van der Waals surface area contributed by atoms with Gasteiger partial charge in [0.2, 0.25) is 0 Å². The van der Waals surface area contributed by atoms with Crippen LogP contribution in [-0.2, 0) is 6.61 Å². The lowest BCUT2D eigenvalue weighted by Gasteiger charge is -2.09. The van der Waals surface area contributed by atoms with Crippen molar-refractivity contribution in [3.05, 3.63) is 132 Å². The number of para-hydroxylation sites is 1. The Kier molecular flexibility index (Phi) is 6.16. The quantitative estimate of drug-likeness (QED) is 0.248. The number of amides is 1. The van der Waals surface area contributed by atoms with Gasteiger partial charge in [-0.25, -0.2) is 5.43 Å². The smallest absolute Gasteiger partial charge is 0.273 e. The number of fused-ring (bicyclic) bond motifs is 1. The topological polar surface area (TPSA) is 55.6 Å². The molecule has 0 aliphatic rings. The summed E-state index contributed by atoms with van der Waals surface area (Å²) in [6.07, 6.45) is 5.42. The molecule has 0 aliphatic heterocycles. The zero-order valence-electron chi connectivity index (χ0n) is 18.5. The predicted molar refractivity (Wildman–Crippen MR) is 136 cm³/mol. The molecule has 5 aromatic rings. The Labute approximate surface area is 197 Å². The summed E-state index contributed by atoms with van der Waals surface area (Å²) in [7, 11) is 0. The van der Waals surface area contributed by atoms with E-state index in [4.69, 9.17) is 4.74 Å². The van der Waals surface area contributed by atoms with Crippen molar-refractivity contribution in [2.24, 2.45) is 5.10 Å². The summed E-state index contributed by atoms with van der Waals surface area (Å²) in [6.45, 7) is 0.492. The fraction of sp³-hybridized carbons (Fsp3) is 0.0345. The number of carbonyl (C=O) groups is 1. The van der Waals surface area contributed by atoms with Gasteiger partial charge >= 0.3 is 0 Å². The summed E-state index contributed by atoms with van der Waals surface area (Å²) in [4.78, 5) is 12.7. The van der Waals surface area contributed by atoms with E-state index >= 15 is 0 Å². The first-order valence-electron chi connectivity index (χ1n) is 11.0. The van der Waals surface area contributed by atoms with Crippen LogP contribution in [0.2, 0.25) is 0 Å². The van der Waals surface area contributed by atoms with Gasteiger partial charge in [0.1, 0.15) is 12.4 Å². The molecule has 1 heterocycles. The molecule has 1 aromatic heterocycles. The molecule has 5 rings (SSSR count). The van der Waals surface area contributed by atoms with Crippen LogP contribution in [0.1, 0.15) is 21.5 Å². The number of hydrazone groups is 1.